The molecule has 124 valence electrons. The minimum absolute atomic E-state index is 0.00741. The lowest BCUT2D eigenvalue weighted by Gasteiger charge is -1.99. The van der Waals surface area contributed by atoms with E-state index in [0.717, 1.165) is 0 Å². The highest BCUT2D eigenvalue weighted by Crippen LogP contribution is 2.26. The number of allylic oxidation sites excluding steroid dienone is 1. The Morgan fingerprint density at radius 2 is 1.69 bits per heavy atom. The van der Waals surface area contributed by atoms with Gasteiger partial charge in [-0.3, -0.25) is 10.1 Å². The summed E-state index contributed by atoms with van der Waals surface area (Å²) in [4.78, 5) is 10.2. The van der Waals surface area contributed by atoms with Crippen LogP contribution in [0.25, 0.3) is 23.0 Å². The molecule has 2 aromatic carbocycles. The van der Waals surface area contributed by atoms with Crippen LogP contribution in [0.4, 0.5) is 5.69 Å². The molecule has 0 saturated heterocycles. The molecule has 0 N–H and O–H groups in total. The third kappa shape index (κ3) is 3.50. The van der Waals surface area contributed by atoms with Gasteiger partial charge in [0.25, 0.3) is 5.69 Å². The first kappa shape index (κ1) is 16.7. The van der Waals surface area contributed by atoms with Crippen molar-refractivity contribution in [2.75, 3.05) is 0 Å². The topological polar surface area (TPSA) is 104 Å². The fourth-order valence-corrected chi connectivity index (χ4v) is 2.38. The second-order valence-corrected chi connectivity index (χ2v) is 5.36. The van der Waals surface area contributed by atoms with Crippen LogP contribution in [0.2, 0.25) is 0 Å². The van der Waals surface area contributed by atoms with E-state index in [2.05, 4.69) is 6.07 Å². The first-order valence-corrected chi connectivity index (χ1v) is 7.57. The van der Waals surface area contributed by atoms with Gasteiger partial charge in [0.1, 0.15) is 11.5 Å². The van der Waals surface area contributed by atoms with Crippen molar-refractivity contribution in [3.63, 3.8) is 0 Å². The van der Waals surface area contributed by atoms with Gasteiger partial charge >= 0.3 is 0 Å². The zero-order valence-electron chi connectivity index (χ0n) is 13.4. The number of nitro groups is 1. The molecule has 0 spiro atoms. The summed E-state index contributed by atoms with van der Waals surface area (Å²) in [6.45, 7) is 0. The Morgan fingerprint density at radius 3 is 2.27 bits per heavy atom. The van der Waals surface area contributed by atoms with Crippen LogP contribution in [0.5, 0.6) is 0 Å². The van der Waals surface area contributed by atoms with E-state index in [4.69, 9.17) is 9.68 Å². The summed E-state index contributed by atoms with van der Waals surface area (Å²) in [6.07, 6.45) is 1.61. The standard InChI is InChI=1S/C20H11N3O3/c21-12-14-1-3-15(4-2-14)17(13-22)11-19-9-10-20(26-19)16-5-7-18(8-6-16)23(24)25/h1-11H. The van der Waals surface area contributed by atoms with Crippen LogP contribution >= 0.6 is 0 Å². The molecule has 0 unspecified atom stereocenters. The molecule has 6 heteroatoms. The van der Waals surface area contributed by atoms with Crippen LogP contribution in [0.15, 0.2) is 65.1 Å². The van der Waals surface area contributed by atoms with Gasteiger partial charge in [-0.25, -0.2) is 0 Å². The van der Waals surface area contributed by atoms with Crippen LogP contribution < -0.4 is 0 Å². The maximum atomic E-state index is 10.7. The van der Waals surface area contributed by atoms with Gasteiger partial charge in [-0.15, -0.1) is 0 Å². The van der Waals surface area contributed by atoms with Crippen molar-refractivity contribution in [3.8, 4) is 23.5 Å². The molecule has 0 saturated carbocycles. The summed E-state index contributed by atoms with van der Waals surface area (Å²) < 4.78 is 5.72. The van der Waals surface area contributed by atoms with Crippen molar-refractivity contribution in [2.45, 2.75) is 0 Å². The number of rotatable bonds is 4. The fraction of sp³-hybridized carbons (Fsp3) is 0. The Morgan fingerprint density at radius 1 is 1.00 bits per heavy atom. The van der Waals surface area contributed by atoms with Gasteiger partial charge in [0.2, 0.25) is 0 Å². The number of furan rings is 1. The Balaban J connectivity index is 1.88. The molecule has 1 heterocycles. The lowest BCUT2D eigenvalue weighted by molar-refractivity contribution is -0.384. The highest BCUT2D eigenvalue weighted by atomic mass is 16.6. The van der Waals surface area contributed by atoms with Gasteiger partial charge in [0.05, 0.1) is 28.2 Å². The fourth-order valence-electron chi connectivity index (χ4n) is 2.38. The minimum Gasteiger partial charge on any atom is -0.457 e. The van der Waals surface area contributed by atoms with E-state index in [0.29, 0.717) is 33.8 Å². The maximum Gasteiger partial charge on any atom is 0.269 e. The predicted octanol–water partition coefficient (Wildman–Crippen LogP) is 4.79. The van der Waals surface area contributed by atoms with Crippen molar-refractivity contribution in [3.05, 3.63) is 87.7 Å². The molecule has 0 aliphatic rings. The van der Waals surface area contributed by atoms with Crippen molar-refractivity contribution in [1.29, 1.82) is 10.5 Å². The Bertz CT molecular complexity index is 1060. The number of benzene rings is 2. The van der Waals surface area contributed by atoms with E-state index < -0.39 is 4.92 Å². The second-order valence-electron chi connectivity index (χ2n) is 5.36. The van der Waals surface area contributed by atoms with Crippen LogP contribution in [-0.2, 0) is 0 Å². The van der Waals surface area contributed by atoms with Crippen LogP contribution in [0.1, 0.15) is 16.9 Å². The maximum absolute atomic E-state index is 10.7. The third-order valence-corrected chi connectivity index (χ3v) is 3.72. The number of nitriles is 2. The molecule has 3 aromatic rings. The zero-order valence-corrected chi connectivity index (χ0v) is 13.4. The van der Waals surface area contributed by atoms with Crippen molar-refractivity contribution in [1.82, 2.24) is 0 Å². The molecule has 1 aromatic heterocycles. The molecular formula is C20H11N3O3. The number of nitro benzene ring substituents is 1. The summed E-state index contributed by atoms with van der Waals surface area (Å²) in [6, 6.07) is 20.3. The largest absolute Gasteiger partial charge is 0.457 e. The average molecular weight is 341 g/mol. The Hall–Kier alpha value is -4.16. The zero-order chi connectivity index (χ0) is 18.5. The van der Waals surface area contributed by atoms with E-state index >= 15 is 0 Å². The SMILES string of the molecule is N#CC(=Cc1ccc(-c2ccc([N+](=O)[O-])cc2)o1)c1ccc(C#N)cc1. The van der Waals surface area contributed by atoms with Gasteiger partial charge in [-0.05, 0) is 48.0 Å². The lowest BCUT2D eigenvalue weighted by atomic mass is 10.0. The van der Waals surface area contributed by atoms with Gasteiger partial charge < -0.3 is 4.42 Å². The molecule has 6 nitrogen and oxygen atoms in total. The second kappa shape index (κ2) is 7.16. The Labute approximate surface area is 149 Å². The normalized spacial score (nSPS) is 10.8. The summed E-state index contributed by atoms with van der Waals surface area (Å²) in [7, 11) is 0. The smallest absolute Gasteiger partial charge is 0.269 e. The van der Waals surface area contributed by atoms with Crippen molar-refractivity contribution >= 4 is 17.3 Å². The first-order chi connectivity index (χ1) is 12.6. The summed E-state index contributed by atoms with van der Waals surface area (Å²) >= 11 is 0. The van der Waals surface area contributed by atoms with E-state index in [-0.39, 0.29) is 5.69 Å². The van der Waals surface area contributed by atoms with Gasteiger partial charge in [-0.2, -0.15) is 10.5 Å². The molecule has 0 bridgehead atoms. The highest BCUT2D eigenvalue weighted by molar-refractivity contribution is 5.89. The van der Waals surface area contributed by atoms with E-state index in [1.807, 2.05) is 6.07 Å². The van der Waals surface area contributed by atoms with Crippen molar-refractivity contribution < 1.29 is 9.34 Å². The average Bonchev–Trinajstić information content (AvgIpc) is 3.15. The summed E-state index contributed by atoms with van der Waals surface area (Å²) in [5.74, 6) is 1.03. The van der Waals surface area contributed by atoms with E-state index in [9.17, 15) is 15.4 Å². The molecule has 0 aliphatic carbocycles. The van der Waals surface area contributed by atoms with E-state index in [1.165, 1.54) is 12.1 Å². The molecule has 0 amide bonds. The van der Waals surface area contributed by atoms with Gasteiger partial charge in [-0.1, -0.05) is 12.1 Å². The molecule has 0 fully saturated rings. The predicted molar refractivity (Wildman–Crippen MR) is 95.4 cm³/mol. The van der Waals surface area contributed by atoms with E-state index in [1.54, 1.807) is 54.6 Å². The number of nitrogens with zero attached hydrogens (tertiary/aromatic N) is 3. The number of hydrogen-bond donors (Lipinski definition) is 0. The van der Waals surface area contributed by atoms with Crippen LogP contribution in [0, 0.1) is 32.8 Å². The lowest BCUT2D eigenvalue weighted by Crippen LogP contribution is -1.86. The van der Waals surface area contributed by atoms with Gasteiger partial charge in [0.15, 0.2) is 0 Å². The summed E-state index contributed by atoms with van der Waals surface area (Å²) in [5.41, 5.74) is 2.31. The Kier molecular flexibility index (Phi) is 4.60. The molecule has 0 radical (unpaired) electrons. The molecular weight excluding hydrogens is 330 g/mol. The molecule has 3 rings (SSSR count). The van der Waals surface area contributed by atoms with Crippen molar-refractivity contribution in [2.24, 2.45) is 0 Å². The van der Waals surface area contributed by atoms with Gasteiger partial charge in [0, 0.05) is 17.7 Å². The number of non-ortho nitro benzene ring substituents is 1. The monoisotopic (exact) mass is 341 g/mol. The minimum atomic E-state index is -0.461. The molecule has 0 atom stereocenters. The molecule has 0 aliphatic heterocycles. The molecule has 26 heavy (non-hydrogen) atoms. The number of hydrogen-bond acceptors (Lipinski definition) is 5. The highest BCUT2D eigenvalue weighted by Gasteiger charge is 2.09. The first-order valence-electron chi connectivity index (χ1n) is 7.57. The quantitative estimate of drug-likeness (QED) is 0.385. The van der Waals surface area contributed by atoms with Crippen LogP contribution in [-0.4, -0.2) is 4.92 Å². The third-order valence-electron chi connectivity index (χ3n) is 3.72. The van der Waals surface area contributed by atoms with Crippen LogP contribution in [0.3, 0.4) is 0 Å². The summed E-state index contributed by atoms with van der Waals surface area (Å²) in [5, 5.41) is 28.9.